The molecule has 0 spiro atoms. The number of hydrogen-bond acceptors (Lipinski definition) is 7. The summed E-state index contributed by atoms with van der Waals surface area (Å²) in [4.78, 5) is 29.6. The first-order valence-corrected chi connectivity index (χ1v) is 9.80. The van der Waals surface area contributed by atoms with Gasteiger partial charge in [-0.15, -0.1) is 0 Å². The van der Waals surface area contributed by atoms with Crippen molar-refractivity contribution in [3.8, 4) is 17.1 Å². The van der Waals surface area contributed by atoms with Crippen LogP contribution in [0.15, 0.2) is 54.7 Å². The number of nitrogens with one attached hydrogen (secondary N) is 1. The Balaban J connectivity index is 1.67. The molecule has 156 valence electrons. The summed E-state index contributed by atoms with van der Waals surface area (Å²) in [5, 5.41) is 3.11. The summed E-state index contributed by atoms with van der Waals surface area (Å²) in [6.07, 6.45) is 1.61. The Bertz CT molecular complexity index is 1240. The van der Waals surface area contributed by atoms with E-state index in [0.29, 0.717) is 47.4 Å². The maximum atomic E-state index is 13.1. The predicted molar refractivity (Wildman–Crippen MR) is 115 cm³/mol. The van der Waals surface area contributed by atoms with Gasteiger partial charge in [-0.3, -0.25) is 4.79 Å². The SMILES string of the molecule is CCOc1nc(NCc2ccc(F)cc2)nc2ncc(-c3cccc(C(C)=O)c3)nc12. The average Bonchev–Trinajstić information content (AvgIpc) is 2.79. The Labute approximate surface area is 178 Å². The van der Waals surface area contributed by atoms with Crippen LogP contribution in [0, 0.1) is 5.82 Å². The van der Waals surface area contributed by atoms with Gasteiger partial charge in [-0.1, -0.05) is 30.3 Å². The molecule has 1 N–H and O–H groups in total. The first-order chi connectivity index (χ1) is 15.0. The van der Waals surface area contributed by atoms with Crippen molar-refractivity contribution >= 4 is 22.9 Å². The maximum absolute atomic E-state index is 13.1. The van der Waals surface area contributed by atoms with Crippen LogP contribution in [0.2, 0.25) is 0 Å². The Morgan fingerprint density at radius 1 is 1.10 bits per heavy atom. The zero-order valence-corrected chi connectivity index (χ0v) is 17.1. The highest BCUT2D eigenvalue weighted by Crippen LogP contribution is 2.25. The fraction of sp³-hybridized carbons (Fsp3) is 0.174. The topological polar surface area (TPSA) is 89.9 Å². The van der Waals surface area contributed by atoms with Crippen molar-refractivity contribution in [3.05, 3.63) is 71.7 Å². The Kier molecular flexibility index (Phi) is 5.79. The largest absolute Gasteiger partial charge is 0.476 e. The predicted octanol–water partition coefficient (Wildman–Crippen LogP) is 4.44. The first kappa shape index (κ1) is 20.3. The number of benzene rings is 2. The van der Waals surface area contributed by atoms with Gasteiger partial charge in [-0.2, -0.15) is 9.97 Å². The first-order valence-electron chi connectivity index (χ1n) is 9.80. The van der Waals surface area contributed by atoms with Crippen LogP contribution >= 0.6 is 0 Å². The summed E-state index contributed by atoms with van der Waals surface area (Å²) in [6.45, 7) is 4.19. The minimum atomic E-state index is -0.288. The second-order valence-corrected chi connectivity index (χ2v) is 6.83. The van der Waals surface area contributed by atoms with E-state index in [2.05, 4.69) is 25.3 Å². The molecule has 0 aliphatic rings. The Morgan fingerprint density at radius 3 is 2.65 bits per heavy atom. The lowest BCUT2D eigenvalue weighted by molar-refractivity contribution is 0.101. The van der Waals surface area contributed by atoms with Gasteiger partial charge in [0.15, 0.2) is 16.9 Å². The number of aromatic nitrogens is 4. The molecule has 4 rings (SSSR count). The van der Waals surface area contributed by atoms with Crippen molar-refractivity contribution in [2.75, 3.05) is 11.9 Å². The van der Waals surface area contributed by atoms with E-state index in [1.54, 1.807) is 36.5 Å². The Hall–Kier alpha value is -3.94. The van der Waals surface area contributed by atoms with E-state index in [1.165, 1.54) is 19.1 Å². The van der Waals surface area contributed by atoms with Crippen LogP contribution < -0.4 is 10.1 Å². The molecule has 0 saturated heterocycles. The molecular formula is C23H20FN5O2. The number of hydrogen-bond donors (Lipinski definition) is 1. The van der Waals surface area contributed by atoms with E-state index in [1.807, 2.05) is 13.0 Å². The second-order valence-electron chi connectivity index (χ2n) is 6.83. The lowest BCUT2D eigenvalue weighted by atomic mass is 10.1. The van der Waals surface area contributed by atoms with Crippen LogP contribution in [-0.2, 0) is 6.54 Å². The Morgan fingerprint density at radius 2 is 1.90 bits per heavy atom. The van der Waals surface area contributed by atoms with E-state index in [9.17, 15) is 9.18 Å². The lowest BCUT2D eigenvalue weighted by Crippen LogP contribution is -2.07. The summed E-state index contributed by atoms with van der Waals surface area (Å²) in [5.74, 6) is 0.335. The summed E-state index contributed by atoms with van der Waals surface area (Å²) < 4.78 is 18.8. The van der Waals surface area contributed by atoms with Gasteiger partial charge in [-0.05, 0) is 37.6 Å². The van der Waals surface area contributed by atoms with Crippen molar-refractivity contribution in [2.24, 2.45) is 0 Å². The number of carbonyl (C=O) groups excluding carboxylic acids is 1. The molecule has 0 atom stereocenters. The average molecular weight is 417 g/mol. The summed E-state index contributed by atoms with van der Waals surface area (Å²) in [5.41, 5.74) is 3.65. The third-order valence-corrected chi connectivity index (χ3v) is 4.58. The molecular weight excluding hydrogens is 397 g/mol. The van der Waals surface area contributed by atoms with Crippen molar-refractivity contribution < 1.29 is 13.9 Å². The molecule has 0 radical (unpaired) electrons. The molecule has 0 saturated carbocycles. The van der Waals surface area contributed by atoms with Crippen molar-refractivity contribution in [1.29, 1.82) is 0 Å². The second kappa shape index (κ2) is 8.83. The molecule has 2 aromatic carbocycles. The van der Waals surface area contributed by atoms with E-state index in [-0.39, 0.29) is 11.6 Å². The molecule has 0 fully saturated rings. The smallest absolute Gasteiger partial charge is 0.247 e. The van der Waals surface area contributed by atoms with Gasteiger partial charge in [-0.25, -0.2) is 14.4 Å². The van der Waals surface area contributed by atoms with Gasteiger partial charge < -0.3 is 10.1 Å². The van der Waals surface area contributed by atoms with Crippen LogP contribution in [0.4, 0.5) is 10.3 Å². The number of anilines is 1. The lowest BCUT2D eigenvalue weighted by Gasteiger charge is -2.10. The van der Waals surface area contributed by atoms with Gasteiger partial charge in [0, 0.05) is 17.7 Å². The van der Waals surface area contributed by atoms with Crippen LogP contribution in [0.3, 0.4) is 0 Å². The van der Waals surface area contributed by atoms with Gasteiger partial charge in [0.1, 0.15) is 5.82 Å². The minimum absolute atomic E-state index is 0.0224. The number of rotatable bonds is 7. The zero-order chi connectivity index (χ0) is 21.8. The van der Waals surface area contributed by atoms with Gasteiger partial charge in [0.05, 0.1) is 18.5 Å². The molecule has 0 aliphatic heterocycles. The quantitative estimate of drug-likeness (QED) is 0.445. The fourth-order valence-electron chi connectivity index (χ4n) is 3.02. The minimum Gasteiger partial charge on any atom is -0.476 e. The van der Waals surface area contributed by atoms with Gasteiger partial charge >= 0.3 is 0 Å². The molecule has 31 heavy (non-hydrogen) atoms. The van der Waals surface area contributed by atoms with E-state index < -0.39 is 0 Å². The number of halogens is 1. The molecule has 8 heteroatoms. The summed E-state index contributed by atoms with van der Waals surface area (Å²) >= 11 is 0. The van der Waals surface area contributed by atoms with Crippen LogP contribution in [-0.4, -0.2) is 32.3 Å². The van der Waals surface area contributed by atoms with Crippen LogP contribution in [0.5, 0.6) is 5.88 Å². The van der Waals surface area contributed by atoms with Crippen molar-refractivity contribution in [1.82, 2.24) is 19.9 Å². The van der Waals surface area contributed by atoms with Gasteiger partial charge in [0.2, 0.25) is 11.8 Å². The molecule has 0 unspecified atom stereocenters. The van der Waals surface area contributed by atoms with E-state index >= 15 is 0 Å². The normalized spacial score (nSPS) is 10.8. The molecule has 2 aromatic heterocycles. The zero-order valence-electron chi connectivity index (χ0n) is 17.1. The monoisotopic (exact) mass is 417 g/mol. The highest BCUT2D eigenvalue weighted by atomic mass is 19.1. The maximum Gasteiger partial charge on any atom is 0.247 e. The number of ether oxygens (including phenoxy) is 1. The highest BCUT2D eigenvalue weighted by Gasteiger charge is 2.14. The third kappa shape index (κ3) is 4.63. The van der Waals surface area contributed by atoms with Crippen LogP contribution in [0.25, 0.3) is 22.4 Å². The molecule has 0 bridgehead atoms. The molecule has 7 nitrogen and oxygen atoms in total. The summed E-state index contributed by atoms with van der Waals surface area (Å²) in [7, 11) is 0. The number of nitrogens with zero attached hydrogens (tertiary/aromatic N) is 4. The molecule has 0 amide bonds. The van der Waals surface area contributed by atoms with Crippen molar-refractivity contribution in [3.63, 3.8) is 0 Å². The number of carbonyl (C=O) groups is 1. The number of Topliss-reactive ketones (excluding diaryl/α,β-unsaturated/α-hetero) is 1. The molecule has 4 aromatic rings. The number of fused-ring (bicyclic) bond motifs is 1. The molecule has 0 aliphatic carbocycles. The van der Waals surface area contributed by atoms with Gasteiger partial charge in [0.25, 0.3) is 0 Å². The van der Waals surface area contributed by atoms with Crippen LogP contribution in [0.1, 0.15) is 29.8 Å². The highest BCUT2D eigenvalue weighted by molar-refractivity contribution is 5.95. The van der Waals surface area contributed by atoms with E-state index in [0.717, 1.165) is 11.1 Å². The third-order valence-electron chi connectivity index (χ3n) is 4.58. The fourth-order valence-corrected chi connectivity index (χ4v) is 3.02. The summed E-state index contributed by atoms with van der Waals surface area (Å²) in [6, 6.07) is 13.4. The van der Waals surface area contributed by atoms with E-state index in [4.69, 9.17) is 4.74 Å². The van der Waals surface area contributed by atoms with Crippen molar-refractivity contribution in [2.45, 2.75) is 20.4 Å². The molecule has 2 heterocycles. The standard InChI is InChI=1S/C23H20FN5O2/c1-3-31-22-20-21(28-23(29-22)26-12-15-7-9-18(24)10-8-15)25-13-19(27-20)17-6-4-5-16(11-17)14(2)30/h4-11,13H,3,12H2,1-2H3,(H,25,26,28,29). The number of ketones is 1.